The minimum Gasteiger partial charge on any atom is -0.414 e. The van der Waals surface area contributed by atoms with E-state index in [-0.39, 0.29) is 40.7 Å². The van der Waals surface area contributed by atoms with Gasteiger partial charge in [0.05, 0.1) is 18.1 Å². The van der Waals surface area contributed by atoms with Gasteiger partial charge in [-0.25, -0.2) is 0 Å². The lowest BCUT2D eigenvalue weighted by atomic mass is 10.2. The number of nitrogens with zero attached hydrogens (tertiary/aromatic N) is 2. The predicted octanol–water partition coefficient (Wildman–Crippen LogP) is 5.08. The van der Waals surface area contributed by atoms with E-state index in [4.69, 9.17) is 17.7 Å². The molecular weight excluding hydrogens is 626 g/mol. The van der Waals surface area contributed by atoms with Crippen molar-refractivity contribution < 1.29 is 17.7 Å². The number of hydrogen-bond donors (Lipinski definition) is 2. The Balaban J connectivity index is 1.80. The molecule has 202 valence electrons. The molecule has 0 aliphatic carbocycles. The maximum Gasteiger partial charge on any atom is 0.335 e. The summed E-state index contributed by atoms with van der Waals surface area (Å²) < 4.78 is 30.7. The van der Waals surface area contributed by atoms with Crippen molar-refractivity contribution in [1.29, 1.82) is 0 Å². The Morgan fingerprint density at radius 2 is 1.92 bits per heavy atom. The molecule has 2 aliphatic heterocycles. The van der Waals surface area contributed by atoms with Gasteiger partial charge in [-0.2, -0.15) is 4.98 Å². The van der Waals surface area contributed by atoms with Crippen LogP contribution in [0.25, 0.3) is 11.0 Å². The van der Waals surface area contributed by atoms with Crippen LogP contribution < -0.4 is 10.9 Å². The number of rotatable bonds is 6. The molecule has 2 fully saturated rings. The van der Waals surface area contributed by atoms with Crippen LogP contribution in [0, 0.1) is 3.57 Å². The van der Waals surface area contributed by atoms with Crippen LogP contribution in [0.2, 0.25) is 22.7 Å². The van der Waals surface area contributed by atoms with Crippen LogP contribution >= 0.6 is 31.8 Å². The van der Waals surface area contributed by atoms with Crippen molar-refractivity contribution in [2.24, 2.45) is 0 Å². The van der Waals surface area contributed by atoms with Gasteiger partial charge in [-0.1, -0.05) is 48.5 Å². The molecule has 6 atom stereocenters. The Labute approximate surface area is 231 Å². The van der Waals surface area contributed by atoms with Gasteiger partial charge in [0.25, 0.3) is 5.56 Å². The second kappa shape index (κ2) is 10.7. The Hall–Kier alpha value is -0.346. The molecule has 0 amide bonds. The zero-order valence-electron chi connectivity index (χ0n) is 22.4. The Bertz CT molecular complexity index is 1150. The highest BCUT2D eigenvalue weighted by molar-refractivity contribution is 14.1. The lowest BCUT2D eigenvalue weighted by molar-refractivity contribution is -0.0534. The summed E-state index contributed by atoms with van der Waals surface area (Å²) in [6.07, 6.45) is 1.11. The van der Waals surface area contributed by atoms with Crippen LogP contribution in [0.15, 0.2) is 11.0 Å². The van der Waals surface area contributed by atoms with Crippen LogP contribution in [-0.4, -0.2) is 63.2 Å². The molecule has 9 nitrogen and oxygen atoms in total. The number of H-pyrrole nitrogens is 1. The van der Waals surface area contributed by atoms with E-state index in [9.17, 15) is 4.79 Å². The Morgan fingerprint density at radius 3 is 2.47 bits per heavy atom. The van der Waals surface area contributed by atoms with E-state index in [0.29, 0.717) is 29.1 Å². The Morgan fingerprint density at radius 1 is 1.25 bits per heavy atom. The third-order valence-corrected chi connectivity index (χ3v) is 19.1. The van der Waals surface area contributed by atoms with Gasteiger partial charge in [0.1, 0.15) is 12.3 Å². The van der Waals surface area contributed by atoms with Crippen molar-refractivity contribution in [1.82, 2.24) is 14.5 Å². The molecule has 2 saturated heterocycles. The standard InChI is InChI=1S/C23H40IN4O5PSi2/c1-9-35(12(2)3)30-11-16-18(32-36(33-35,13(4)5)14(6)7)19(34)22(31-16)28-10-15(24)17-20(28)26-23(25-8)27-21(17)29/h10,12-14,16,18-19,22H,9,11,34H2,1-8H3,(H2,25,26,27,29)/t16-,18+,19?,22-,35?/m1/s1. The first kappa shape index (κ1) is 28.7. The van der Waals surface area contributed by atoms with Crippen LogP contribution in [0.3, 0.4) is 0 Å². The molecule has 0 spiro atoms. The third-order valence-electron chi connectivity index (χ3n) is 7.66. The fourth-order valence-electron chi connectivity index (χ4n) is 5.52. The number of ether oxygens (including phenoxy) is 1. The number of fused-ring (bicyclic) bond motifs is 2. The molecule has 2 aliphatic rings. The lowest BCUT2D eigenvalue weighted by Crippen LogP contribution is -2.64. The summed E-state index contributed by atoms with van der Waals surface area (Å²) in [5.74, 6) is 0.419. The molecule has 13 heteroatoms. The zero-order chi connectivity index (χ0) is 26.6. The molecule has 0 aromatic carbocycles. The first-order valence-corrected chi connectivity index (χ1v) is 18.6. The summed E-state index contributed by atoms with van der Waals surface area (Å²) in [7, 11) is -0.575. The van der Waals surface area contributed by atoms with Gasteiger partial charge >= 0.3 is 17.1 Å². The molecule has 4 heterocycles. The second-order valence-electron chi connectivity index (χ2n) is 10.7. The average molecular weight is 667 g/mol. The highest BCUT2D eigenvalue weighted by atomic mass is 127. The molecule has 2 aromatic rings. The number of aromatic amines is 1. The first-order chi connectivity index (χ1) is 16.9. The Kier molecular flexibility index (Phi) is 8.49. The average Bonchev–Trinajstić information content (AvgIpc) is 3.29. The molecule has 3 unspecified atom stereocenters. The van der Waals surface area contributed by atoms with Crippen molar-refractivity contribution in [3.05, 3.63) is 20.1 Å². The van der Waals surface area contributed by atoms with E-state index < -0.39 is 17.1 Å². The monoisotopic (exact) mass is 666 g/mol. The van der Waals surface area contributed by atoms with E-state index >= 15 is 0 Å². The van der Waals surface area contributed by atoms with Gasteiger partial charge in [-0.05, 0) is 45.3 Å². The van der Waals surface area contributed by atoms with Crippen molar-refractivity contribution in [2.75, 3.05) is 19.0 Å². The summed E-state index contributed by atoms with van der Waals surface area (Å²) in [5, 5.41) is 3.51. The third kappa shape index (κ3) is 4.67. The first-order valence-electron chi connectivity index (χ1n) is 12.8. The van der Waals surface area contributed by atoms with Gasteiger partial charge < -0.3 is 27.6 Å². The van der Waals surface area contributed by atoms with Crippen LogP contribution in [-0.2, 0) is 17.7 Å². The number of halogens is 1. The van der Waals surface area contributed by atoms with Crippen molar-refractivity contribution in [2.45, 2.75) is 95.2 Å². The van der Waals surface area contributed by atoms with E-state index in [0.717, 1.165) is 9.61 Å². The minimum atomic E-state index is -2.72. The van der Waals surface area contributed by atoms with Gasteiger partial charge in [0.15, 0.2) is 5.65 Å². The summed E-state index contributed by atoms with van der Waals surface area (Å²) in [6, 6.07) is 0.868. The topological polar surface area (TPSA) is 99.6 Å². The molecule has 2 aromatic heterocycles. The largest absolute Gasteiger partial charge is 0.414 e. The zero-order valence-corrected chi connectivity index (χ0v) is 27.7. The maximum atomic E-state index is 12.8. The molecular formula is C23H40IN4O5PSi2. The second-order valence-corrected chi connectivity index (χ2v) is 21.2. The SMILES string of the molecule is CC[Si]1(C(C)C)OC[C@H]2O[C@@H](n3cc(I)c4c(=O)[nH]c(NC)nc43)C(P)[C@H]2O[Si](C(C)C)(C(C)C)O1. The summed E-state index contributed by atoms with van der Waals surface area (Å²) in [4.78, 5) is 20.2. The van der Waals surface area contributed by atoms with E-state index in [1.165, 1.54) is 0 Å². The molecule has 4 rings (SSSR count). The fraction of sp³-hybridized carbons (Fsp3) is 0.739. The van der Waals surface area contributed by atoms with Crippen molar-refractivity contribution >= 4 is 65.9 Å². The minimum absolute atomic E-state index is 0.0769. The summed E-state index contributed by atoms with van der Waals surface area (Å²) in [5.41, 5.74) is 1.13. The van der Waals surface area contributed by atoms with Crippen LogP contribution in [0.4, 0.5) is 5.95 Å². The number of nitrogens with one attached hydrogen (secondary N) is 2. The lowest BCUT2D eigenvalue weighted by Gasteiger charge is -2.50. The van der Waals surface area contributed by atoms with E-state index in [2.05, 4.69) is 95.6 Å². The van der Waals surface area contributed by atoms with Gasteiger partial charge in [-0.3, -0.25) is 9.78 Å². The molecule has 0 radical (unpaired) electrons. The number of aromatic nitrogens is 3. The molecule has 0 bridgehead atoms. The predicted molar refractivity (Wildman–Crippen MR) is 159 cm³/mol. The smallest absolute Gasteiger partial charge is 0.335 e. The number of anilines is 1. The van der Waals surface area contributed by atoms with Crippen molar-refractivity contribution in [3.8, 4) is 0 Å². The summed E-state index contributed by atoms with van der Waals surface area (Å²) in [6.45, 7) is 15.9. The van der Waals surface area contributed by atoms with Crippen LogP contribution in [0.5, 0.6) is 0 Å². The van der Waals surface area contributed by atoms with Crippen LogP contribution in [0.1, 0.15) is 54.7 Å². The molecule has 36 heavy (non-hydrogen) atoms. The van der Waals surface area contributed by atoms with E-state index in [1.54, 1.807) is 7.05 Å². The van der Waals surface area contributed by atoms with Crippen molar-refractivity contribution in [3.63, 3.8) is 0 Å². The highest BCUT2D eigenvalue weighted by Gasteiger charge is 2.60. The molecule has 2 N–H and O–H groups in total. The maximum absolute atomic E-state index is 12.8. The van der Waals surface area contributed by atoms with Gasteiger partial charge in [-0.15, -0.1) is 9.24 Å². The van der Waals surface area contributed by atoms with Gasteiger partial charge in [0, 0.05) is 22.5 Å². The van der Waals surface area contributed by atoms with E-state index in [1.807, 2.05) is 10.8 Å². The van der Waals surface area contributed by atoms with Gasteiger partial charge in [0.2, 0.25) is 5.95 Å². The fourth-order valence-corrected chi connectivity index (χ4v) is 17.5. The molecule has 0 saturated carbocycles. The normalized spacial score (nSPS) is 30.7. The number of hydrogen-bond acceptors (Lipinski definition) is 7. The highest BCUT2D eigenvalue weighted by Crippen LogP contribution is 2.48. The quantitative estimate of drug-likeness (QED) is 0.252. The summed E-state index contributed by atoms with van der Waals surface area (Å²) >= 11 is 2.19.